The SMILES string of the molecule is CCCCCCCC[Si](C)(C)O[Si](C)(O[Si](C)(C)CCCCCCCC)O[Si](C)(C)CCCCCCCC[Si](C)(C)O[Si](C)(O[Si](C)(C)CCCCCCCC)O[Si](C)(C)CCCCCCCC. The first-order chi connectivity index (χ1) is 31.7. The first-order valence-corrected chi connectivity index (χ1v) is 53.0. The van der Waals surface area contributed by atoms with Crippen LogP contribution in [-0.4, -0.2) is 67.5 Å². The maximum Gasteiger partial charge on any atom is 0.466 e. The molecular weight excluding hydrogens is 969 g/mol. The lowest BCUT2D eigenvalue weighted by Gasteiger charge is -2.43. The molecular formula is C54H126O6Si8. The van der Waals surface area contributed by atoms with Gasteiger partial charge in [-0.2, -0.15) is 0 Å². The van der Waals surface area contributed by atoms with E-state index in [-0.39, 0.29) is 0 Å². The van der Waals surface area contributed by atoms with Crippen LogP contribution in [0.3, 0.4) is 0 Å². The second-order valence-corrected chi connectivity index (χ2v) is 58.1. The summed E-state index contributed by atoms with van der Waals surface area (Å²) >= 11 is 0. The molecule has 0 atom stereocenters. The minimum absolute atomic E-state index is 1.19. The molecule has 0 fully saturated rings. The molecule has 0 N–H and O–H groups in total. The Balaban J connectivity index is 5.45. The number of rotatable bonds is 49. The summed E-state index contributed by atoms with van der Waals surface area (Å²) in [5, 5.41) is 0. The second kappa shape index (κ2) is 37.3. The van der Waals surface area contributed by atoms with Crippen LogP contribution in [0.5, 0.6) is 0 Å². The zero-order valence-corrected chi connectivity index (χ0v) is 57.9. The Kier molecular flexibility index (Phi) is 38.1. The van der Waals surface area contributed by atoms with Crippen molar-refractivity contribution < 1.29 is 24.7 Å². The van der Waals surface area contributed by atoms with Crippen LogP contribution >= 0.6 is 0 Å². The molecule has 0 bridgehead atoms. The average molecular weight is 1100 g/mol. The molecule has 0 aromatic rings. The zero-order chi connectivity index (χ0) is 51.7. The van der Waals surface area contributed by atoms with E-state index >= 15 is 0 Å². The highest BCUT2D eigenvalue weighted by Gasteiger charge is 2.50. The van der Waals surface area contributed by atoms with Crippen LogP contribution in [0, 0.1) is 0 Å². The third-order valence-corrected chi connectivity index (χ3v) is 45.6. The molecule has 0 radical (unpaired) electrons. The van der Waals surface area contributed by atoms with E-state index < -0.39 is 67.5 Å². The standard InChI is InChI=1S/C54H126O6Si8/c1-19-23-27-31-37-43-49-61(5,6)55-67(17,56-62(7,8)50-44-38-32-28-24-20-2)59-65(13,14)53-47-41-35-36-42-48-54-66(15,16)60-68(18,57-63(9,10)51-45-39-33-29-25-21-3)58-64(11,12)52-46-40-34-30-26-22-4/h19-54H2,1-18H3. The third kappa shape index (κ3) is 39.9. The fourth-order valence-electron chi connectivity index (χ4n) is 10.6. The molecule has 0 saturated heterocycles. The Hall–Kier alpha value is 1.50. The van der Waals surface area contributed by atoms with Crippen molar-refractivity contribution in [3.05, 3.63) is 0 Å². The molecule has 6 nitrogen and oxygen atoms in total. The zero-order valence-electron chi connectivity index (χ0n) is 49.9. The van der Waals surface area contributed by atoms with Crippen molar-refractivity contribution in [2.75, 3.05) is 0 Å². The van der Waals surface area contributed by atoms with Gasteiger partial charge in [-0.1, -0.05) is 220 Å². The fraction of sp³-hybridized carbons (Fsp3) is 1.00. The lowest BCUT2D eigenvalue weighted by atomic mass is 10.1. The van der Waals surface area contributed by atoms with Gasteiger partial charge in [0.05, 0.1) is 0 Å². The van der Waals surface area contributed by atoms with Gasteiger partial charge in [-0.15, -0.1) is 0 Å². The predicted octanol–water partition coefficient (Wildman–Crippen LogP) is 21.2. The van der Waals surface area contributed by atoms with Gasteiger partial charge in [0, 0.05) is 13.1 Å². The van der Waals surface area contributed by atoms with Crippen molar-refractivity contribution >= 4 is 67.5 Å². The summed E-state index contributed by atoms with van der Waals surface area (Å²) in [5.41, 5.74) is 0. The van der Waals surface area contributed by atoms with Gasteiger partial charge in [0.25, 0.3) is 0 Å². The van der Waals surface area contributed by atoms with E-state index in [4.69, 9.17) is 24.7 Å². The lowest BCUT2D eigenvalue weighted by molar-refractivity contribution is 0.254. The topological polar surface area (TPSA) is 55.4 Å². The molecule has 410 valence electrons. The van der Waals surface area contributed by atoms with E-state index in [0.717, 1.165) is 0 Å². The number of hydrogen-bond donors (Lipinski definition) is 0. The van der Waals surface area contributed by atoms with E-state index in [1.165, 1.54) is 229 Å². The molecule has 0 saturated carbocycles. The monoisotopic (exact) mass is 1090 g/mol. The second-order valence-electron chi connectivity index (χ2n) is 25.6. The van der Waals surface area contributed by atoms with Crippen LogP contribution in [0.2, 0.25) is 128 Å². The summed E-state index contributed by atoms with van der Waals surface area (Å²) in [4.78, 5) is 0. The summed E-state index contributed by atoms with van der Waals surface area (Å²) in [6.45, 7) is 43.1. The summed E-state index contributed by atoms with van der Waals surface area (Å²) in [6, 6.07) is 7.22. The van der Waals surface area contributed by atoms with Crippen molar-refractivity contribution in [2.45, 2.75) is 348 Å². The minimum atomic E-state index is -2.82. The molecule has 0 aliphatic carbocycles. The largest absolute Gasteiger partial charge is 0.466 e. The maximum absolute atomic E-state index is 7.35. The van der Waals surface area contributed by atoms with E-state index in [1.54, 1.807) is 0 Å². The molecule has 0 aliphatic heterocycles. The van der Waals surface area contributed by atoms with E-state index in [1.807, 2.05) is 0 Å². The van der Waals surface area contributed by atoms with Gasteiger partial charge >= 0.3 is 17.6 Å². The van der Waals surface area contributed by atoms with Crippen molar-refractivity contribution in [1.29, 1.82) is 0 Å². The van der Waals surface area contributed by atoms with Crippen LogP contribution in [0.1, 0.15) is 220 Å². The van der Waals surface area contributed by atoms with Crippen molar-refractivity contribution in [3.63, 3.8) is 0 Å². The van der Waals surface area contributed by atoms with Gasteiger partial charge in [-0.25, -0.2) is 0 Å². The fourth-order valence-corrected chi connectivity index (χ4v) is 47.0. The normalized spacial score (nSPS) is 13.9. The highest BCUT2D eigenvalue weighted by atomic mass is 28.5. The highest BCUT2D eigenvalue weighted by molar-refractivity contribution is 6.91. The Morgan fingerprint density at radius 3 is 0.426 bits per heavy atom. The van der Waals surface area contributed by atoms with Gasteiger partial charge in [-0.3, -0.25) is 0 Å². The number of hydrogen-bond acceptors (Lipinski definition) is 6. The quantitative estimate of drug-likeness (QED) is 0.0447. The van der Waals surface area contributed by atoms with Crippen LogP contribution in [-0.2, 0) is 24.7 Å². The molecule has 14 heteroatoms. The molecule has 68 heavy (non-hydrogen) atoms. The first kappa shape index (κ1) is 69.5. The van der Waals surface area contributed by atoms with Crippen LogP contribution in [0.25, 0.3) is 0 Å². The van der Waals surface area contributed by atoms with Gasteiger partial charge < -0.3 is 24.7 Å². The van der Waals surface area contributed by atoms with Crippen molar-refractivity contribution in [2.24, 2.45) is 0 Å². The van der Waals surface area contributed by atoms with Crippen LogP contribution in [0.15, 0.2) is 0 Å². The summed E-state index contributed by atoms with van der Waals surface area (Å²) in [5.74, 6) is 0. The molecule has 0 heterocycles. The lowest BCUT2D eigenvalue weighted by Crippen LogP contribution is -2.60. The highest BCUT2D eigenvalue weighted by Crippen LogP contribution is 2.34. The van der Waals surface area contributed by atoms with Crippen molar-refractivity contribution in [1.82, 2.24) is 0 Å². The smallest absolute Gasteiger partial charge is 0.417 e. The van der Waals surface area contributed by atoms with E-state index in [0.29, 0.717) is 0 Å². The van der Waals surface area contributed by atoms with Gasteiger partial charge in [-0.05, 0) is 115 Å². The Morgan fingerprint density at radius 2 is 0.294 bits per heavy atom. The molecule has 0 aromatic heterocycles. The van der Waals surface area contributed by atoms with E-state index in [9.17, 15) is 0 Å². The number of unbranched alkanes of at least 4 members (excludes halogenated alkanes) is 25. The molecule has 0 aromatic carbocycles. The maximum atomic E-state index is 7.35. The molecule has 0 amide bonds. The summed E-state index contributed by atoms with van der Waals surface area (Å²) < 4.78 is 43.9. The van der Waals surface area contributed by atoms with E-state index in [2.05, 4.69) is 119 Å². The first-order valence-electron chi connectivity index (χ1n) is 29.9. The van der Waals surface area contributed by atoms with Crippen LogP contribution in [0.4, 0.5) is 0 Å². The Morgan fingerprint density at radius 1 is 0.176 bits per heavy atom. The molecule has 0 rings (SSSR count). The molecule has 0 unspecified atom stereocenters. The predicted molar refractivity (Wildman–Crippen MR) is 325 cm³/mol. The molecule has 0 aliphatic rings. The minimum Gasteiger partial charge on any atom is -0.417 e. The summed E-state index contributed by atoms with van der Waals surface area (Å²) in [6.07, 6.45) is 39.7. The van der Waals surface area contributed by atoms with Gasteiger partial charge in [0.2, 0.25) is 0 Å². The van der Waals surface area contributed by atoms with Crippen molar-refractivity contribution in [3.8, 4) is 0 Å². The third-order valence-electron chi connectivity index (χ3n) is 14.1. The average Bonchev–Trinajstić information content (AvgIpc) is 3.19. The Labute approximate surface area is 437 Å². The van der Waals surface area contributed by atoms with Crippen LogP contribution < -0.4 is 0 Å². The van der Waals surface area contributed by atoms with Gasteiger partial charge in [0.1, 0.15) is 0 Å². The van der Waals surface area contributed by atoms with Gasteiger partial charge in [0.15, 0.2) is 49.9 Å². The molecule has 0 spiro atoms. The summed E-state index contributed by atoms with van der Waals surface area (Å²) in [7, 11) is -17.4. The Bertz CT molecular complexity index is 1050.